The van der Waals surface area contributed by atoms with E-state index in [2.05, 4.69) is 10.3 Å². The Labute approximate surface area is 147 Å². The molecular weight excluding hydrogens is 348 g/mol. The molecule has 1 atom stereocenters. The maximum Gasteiger partial charge on any atom is 0.279 e. The second kappa shape index (κ2) is 6.95. The monoisotopic (exact) mass is 365 g/mol. The number of halogens is 2. The summed E-state index contributed by atoms with van der Waals surface area (Å²) >= 11 is 1.42. The first kappa shape index (κ1) is 17.6. The van der Waals surface area contributed by atoms with Gasteiger partial charge in [0.15, 0.2) is 5.16 Å². The summed E-state index contributed by atoms with van der Waals surface area (Å²) in [4.78, 5) is 28.8. The van der Waals surface area contributed by atoms with Crippen LogP contribution in [0.15, 0.2) is 28.2 Å². The number of aromatic nitrogens is 2. The van der Waals surface area contributed by atoms with Crippen LogP contribution in [0.5, 0.6) is 0 Å². The van der Waals surface area contributed by atoms with Crippen molar-refractivity contribution in [2.75, 3.05) is 11.1 Å². The van der Waals surface area contributed by atoms with E-state index in [-0.39, 0.29) is 23.5 Å². The molecule has 0 radical (unpaired) electrons. The van der Waals surface area contributed by atoms with Crippen molar-refractivity contribution in [3.8, 4) is 0 Å². The predicted molar refractivity (Wildman–Crippen MR) is 91.9 cm³/mol. The van der Waals surface area contributed by atoms with Gasteiger partial charge in [0.2, 0.25) is 5.91 Å². The number of fused-ring (bicyclic) bond motifs is 1. The molecule has 2 heterocycles. The number of anilines is 1. The van der Waals surface area contributed by atoms with Crippen molar-refractivity contribution in [1.82, 2.24) is 9.55 Å². The van der Waals surface area contributed by atoms with E-state index in [0.29, 0.717) is 11.0 Å². The Morgan fingerprint density at radius 1 is 1.28 bits per heavy atom. The van der Waals surface area contributed by atoms with Crippen LogP contribution < -0.4 is 10.9 Å². The summed E-state index contributed by atoms with van der Waals surface area (Å²) in [6, 6.07) is 3.05. The highest BCUT2D eigenvalue weighted by molar-refractivity contribution is 7.99. The molecule has 2 aromatic rings. The average Bonchev–Trinajstić information content (AvgIpc) is 2.55. The minimum Gasteiger partial charge on any atom is -0.312 e. The van der Waals surface area contributed by atoms with Gasteiger partial charge in [-0.3, -0.25) is 9.59 Å². The van der Waals surface area contributed by atoms with Crippen LogP contribution in [0.3, 0.4) is 0 Å². The molecule has 25 heavy (non-hydrogen) atoms. The summed E-state index contributed by atoms with van der Waals surface area (Å²) in [5.41, 5.74) is 0.0239. The summed E-state index contributed by atoms with van der Waals surface area (Å²) in [6.07, 6.45) is 0.851. The SMILES string of the molecule is CCCSc1nc(=O)c2c(n1C)NC(=O)CC2c1cc(F)cc(F)c1. The van der Waals surface area contributed by atoms with Crippen molar-refractivity contribution in [2.45, 2.75) is 30.8 Å². The number of carbonyl (C=O) groups is 1. The standard InChI is InChI=1S/C17H17F2N3O2S/c1-3-4-25-17-21-16(24)14-12(8-13(23)20-15(14)22(17)2)9-5-10(18)7-11(19)6-9/h5-7,12H,3-4,8H2,1-2H3,(H,20,23). The lowest BCUT2D eigenvalue weighted by molar-refractivity contribution is -0.116. The number of benzene rings is 1. The average molecular weight is 365 g/mol. The Kier molecular flexibility index (Phi) is 4.89. The molecule has 1 aliphatic rings. The zero-order valence-corrected chi connectivity index (χ0v) is 14.6. The van der Waals surface area contributed by atoms with Crippen molar-refractivity contribution in [3.63, 3.8) is 0 Å². The quantitative estimate of drug-likeness (QED) is 0.668. The van der Waals surface area contributed by atoms with Crippen molar-refractivity contribution < 1.29 is 13.6 Å². The molecule has 0 aliphatic carbocycles. The van der Waals surface area contributed by atoms with Crippen LogP contribution in [0, 0.1) is 11.6 Å². The summed E-state index contributed by atoms with van der Waals surface area (Å²) in [5.74, 6) is -1.42. The van der Waals surface area contributed by atoms with Gasteiger partial charge in [0.05, 0.1) is 5.56 Å². The Morgan fingerprint density at radius 3 is 2.60 bits per heavy atom. The number of nitrogens with one attached hydrogen (secondary N) is 1. The summed E-state index contributed by atoms with van der Waals surface area (Å²) in [7, 11) is 1.71. The number of thioether (sulfide) groups is 1. The van der Waals surface area contributed by atoms with Gasteiger partial charge in [-0.1, -0.05) is 18.7 Å². The van der Waals surface area contributed by atoms with E-state index in [9.17, 15) is 18.4 Å². The fraction of sp³-hybridized carbons (Fsp3) is 0.353. The molecule has 0 saturated heterocycles. The van der Waals surface area contributed by atoms with Crippen molar-refractivity contribution in [3.05, 3.63) is 51.3 Å². The van der Waals surface area contributed by atoms with Gasteiger partial charge < -0.3 is 9.88 Å². The lowest BCUT2D eigenvalue weighted by atomic mass is 9.86. The number of hydrogen-bond acceptors (Lipinski definition) is 4. The summed E-state index contributed by atoms with van der Waals surface area (Å²) < 4.78 is 28.8. The fourth-order valence-electron chi connectivity index (χ4n) is 2.92. The Balaban J connectivity index is 2.16. The summed E-state index contributed by atoms with van der Waals surface area (Å²) in [5, 5.41) is 3.20. The van der Waals surface area contributed by atoms with E-state index in [0.717, 1.165) is 30.4 Å². The van der Waals surface area contributed by atoms with Gasteiger partial charge in [-0.2, -0.15) is 4.98 Å². The van der Waals surface area contributed by atoms with Crippen molar-refractivity contribution >= 4 is 23.5 Å². The Bertz CT molecular complexity index is 878. The molecule has 0 bridgehead atoms. The minimum absolute atomic E-state index is 0.0612. The van der Waals surface area contributed by atoms with Crippen molar-refractivity contribution in [1.29, 1.82) is 0 Å². The zero-order valence-electron chi connectivity index (χ0n) is 13.8. The lowest BCUT2D eigenvalue weighted by Crippen LogP contribution is -2.33. The van der Waals surface area contributed by atoms with Crippen LogP contribution >= 0.6 is 11.8 Å². The highest BCUT2D eigenvalue weighted by Crippen LogP contribution is 2.36. The molecule has 132 valence electrons. The third kappa shape index (κ3) is 3.44. The summed E-state index contributed by atoms with van der Waals surface area (Å²) in [6.45, 7) is 2.01. The second-order valence-electron chi connectivity index (χ2n) is 5.88. The predicted octanol–water partition coefficient (Wildman–Crippen LogP) is 3.03. The van der Waals surface area contributed by atoms with Crippen LogP contribution in [0.25, 0.3) is 0 Å². The number of amides is 1. The first-order valence-corrected chi connectivity index (χ1v) is 8.88. The van der Waals surface area contributed by atoms with Gasteiger partial charge in [0.1, 0.15) is 17.5 Å². The normalized spacial score (nSPS) is 16.5. The number of hydrogen-bond donors (Lipinski definition) is 1. The van der Waals surface area contributed by atoms with E-state index in [1.54, 1.807) is 11.6 Å². The topological polar surface area (TPSA) is 64.0 Å². The van der Waals surface area contributed by atoms with Gasteiger partial charge in [-0.25, -0.2) is 8.78 Å². The third-order valence-electron chi connectivity index (χ3n) is 4.02. The van der Waals surface area contributed by atoms with Gasteiger partial charge >= 0.3 is 0 Å². The number of carbonyl (C=O) groups excluding carboxylic acids is 1. The molecule has 0 spiro atoms. The van der Waals surface area contributed by atoms with E-state index in [1.165, 1.54) is 11.8 Å². The Morgan fingerprint density at radius 2 is 1.96 bits per heavy atom. The first-order chi connectivity index (χ1) is 11.9. The van der Waals surface area contributed by atoms with E-state index >= 15 is 0 Å². The van der Waals surface area contributed by atoms with Crippen LogP contribution in [-0.2, 0) is 11.8 Å². The minimum atomic E-state index is -0.748. The van der Waals surface area contributed by atoms with Gasteiger partial charge in [-0.05, 0) is 24.1 Å². The molecule has 1 unspecified atom stereocenters. The maximum atomic E-state index is 13.6. The number of nitrogens with zero attached hydrogens (tertiary/aromatic N) is 2. The highest BCUT2D eigenvalue weighted by Gasteiger charge is 2.32. The molecule has 8 heteroatoms. The molecule has 1 aromatic heterocycles. The molecule has 1 amide bonds. The molecule has 5 nitrogen and oxygen atoms in total. The Hall–Kier alpha value is -2.22. The van der Waals surface area contributed by atoms with E-state index in [1.807, 2.05) is 6.92 Å². The van der Waals surface area contributed by atoms with E-state index in [4.69, 9.17) is 0 Å². The maximum absolute atomic E-state index is 13.6. The van der Waals surface area contributed by atoms with E-state index < -0.39 is 23.1 Å². The van der Waals surface area contributed by atoms with Crippen molar-refractivity contribution in [2.24, 2.45) is 7.05 Å². The van der Waals surface area contributed by atoms with Gasteiger partial charge in [0.25, 0.3) is 5.56 Å². The van der Waals surface area contributed by atoms with Crippen LogP contribution in [0.2, 0.25) is 0 Å². The first-order valence-electron chi connectivity index (χ1n) is 7.90. The molecule has 1 N–H and O–H groups in total. The van der Waals surface area contributed by atoms with Crippen LogP contribution in [0.4, 0.5) is 14.6 Å². The lowest BCUT2D eigenvalue weighted by Gasteiger charge is -2.27. The largest absolute Gasteiger partial charge is 0.312 e. The zero-order chi connectivity index (χ0) is 18.1. The van der Waals surface area contributed by atoms with Gasteiger partial charge in [-0.15, -0.1) is 0 Å². The third-order valence-corrected chi connectivity index (χ3v) is 5.26. The number of rotatable bonds is 4. The smallest absolute Gasteiger partial charge is 0.279 e. The van der Waals surface area contributed by atoms with Crippen LogP contribution in [0.1, 0.15) is 36.8 Å². The molecule has 1 aliphatic heterocycles. The second-order valence-corrected chi connectivity index (χ2v) is 6.94. The molecule has 0 fully saturated rings. The molecule has 3 rings (SSSR count). The molecular formula is C17H17F2N3O2S. The highest BCUT2D eigenvalue weighted by atomic mass is 32.2. The molecule has 0 saturated carbocycles. The fourth-order valence-corrected chi connectivity index (χ4v) is 3.74. The van der Waals surface area contributed by atoms with Gasteiger partial charge in [0, 0.05) is 31.2 Å². The molecule has 1 aromatic carbocycles. The van der Waals surface area contributed by atoms with Crippen LogP contribution in [-0.4, -0.2) is 21.2 Å².